The fourth-order valence-electron chi connectivity index (χ4n) is 6.75. The average Bonchev–Trinajstić information content (AvgIpc) is 3.67. The second-order valence-electron chi connectivity index (χ2n) is 11.8. The quantitative estimate of drug-likeness (QED) is 0.110. The average molecular weight is 636 g/mol. The molecule has 0 spiro atoms. The van der Waals surface area contributed by atoms with E-state index < -0.39 is 43.0 Å². The second kappa shape index (κ2) is 14.3. The highest BCUT2D eigenvalue weighted by molar-refractivity contribution is 6.22. The number of pyridine rings is 1. The van der Waals surface area contributed by atoms with Crippen LogP contribution < -0.4 is 10.2 Å². The van der Waals surface area contributed by atoms with Gasteiger partial charge in [-0.15, -0.1) is 0 Å². The van der Waals surface area contributed by atoms with E-state index in [-0.39, 0.29) is 25.4 Å². The number of nitrogens with zero attached hydrogens (tertiary/aromatic N) is 2. The van der Waals surface area contributed by atoms with Crippen molar-refractivity contribution in [3.05, 3.63) is 119 Å². The van der Waals surface area contributed by atoms with Gasteiger partial charge >= 0.3 is 0 Å². The third-order valence-corrected chi connectivity index (χ3v) is 8.95. The molecule has 0 unspecified atom stereocenters. The van der Waals surface area contributed by atoms with Crippen LogP contribution in [0.15, 0.2) is 107 Å². The second-order valence-corrected chi connectivity index (χ2v) is 11.8. The Morgan fingerprint density at radius 3 is 2.32 bits per heavy atom. The molecule has 0 radical (unpaired) electrons. The first-order valence-electron chi connectivity index (χ1n) is 15.6. The summed E-state index contributed by atoms with van der Waals surface area (Å²) in [5.74, 6) is -2.36. The monoisotopic (exact) mass is 635 g/mol. The van der Waals surface area contributed by atoms with Crippen molar-refractivity contribution < 1.29 is 34.4 Å². The van der Waals surface area contributed by atoms with Crippen molar-refractivity contribution in [1.82, 2.24) is 4.98 Å². The first-order valence-corrected chi connectivity index (χ1v) is 15.6. The number of allylic oxidation sites excluding steroid dienone is 1. The van der Waals surface area contributed by atoms with Gasteiger partial charge in [0, 0.05) is 23.5 Å². The van der Waals surface area contributed by atoms with Crippen molar-refractivity contribution in [2.24, 2.45) is 17.8 Å². The van der Waals surface area contributed by atoms with Crippen molar-refractivity contribution in [2.45, 2.75) is 32.0 Å². The lowest BCUT2D eigenvalue weighted by atomic mass is 9.68. The Balaban J connectivity index is 1.22. The van der Waals surface area contributed by atoms with E-state index in [1.807, 2.05) is 42.5 Å². The number of anilines is 3. The van der Waals surface area contributed by atoms with Crippen molar-refractivity contribution in [3.8, 4) is 0 Å². The molecule has 1 aliphatic carbocycles. The minimum absolute atomic E-state index is 0.109. The number of aliphatic hydroxyl groups is 4. The Kier molecular flexibility index (Phi) is 9.74. The van der Waals surface area contributed by atoms with E-state index in [4.69, 9.17) is 4.42 Å². The maximum absolute atomic E-state index is 13.9. The summed E-state index contributed by atoms with van der Waals surface area (Å²) in [6.45, 7) is -1.11. The fourth-order valence-corrected chi connectivity index (χ4v) is 6.75. The van der Waals surface area contributed by atoms with Gasteiger partial charge in [0.2, 0.25) is 11.8 Å². The van der Waals surface area contributed by atoms with Crippen LogP contribution in [0.25, 0.3) is 11.6 Å². The molecule has 1 saturated heterocycles. The summed E-state index contributed by atoms with van der Waals surface area (Å²) in [5.41, 5.74) is 4.43. The van der Waals surface area contributed by atoms with Gasteiger partial charge in [0.1, 0.15) is 18.1 Å². The summed E-state index contributed by atoms with van der Waals surface area (Å²) < 4.78 is 5.66. The molecule has 4 aromatic rings. The van der Waals surface area contributed by atoms with Crippen LogP contribution in [-0.4, -0.2) is 56.5 Å². The molecule has 0 bridgehead atoms. The van der Waals surface area contributed by atoms with E-state index >= 15 is 0 Å². The van der Waals surface area contributed by atoms with E-state index in [9.17, 15) is 30.0 Å². The molecule has 242 valence electrons. The van der Waals surface area contributed by atoms with Gasteiger partial charge in [0.05, 0.1) is 42.5 Å². The molecule has 0 saturated carbocycles. The molecule has 2 aromatic heterocycles. The smallest absolute Gasteiger partial charge is 0.238 e. The van der Waals surface area contributed by atoms with Gasteiger partial charge in [0.15, 0.2) is 0 Å². The number of para-hydroxylation sites is 1. The Morgan fingerprint density at radius 1 is 0.915 bits per heavy atom. The lowest BCUT2D eigenvalue weighted by Crippen LogP contribution is -2.39. The van der Waals surface area contributed by atoms with Crippen LogP contribution in [0.1, 0.15) is 36.5 Å². The minimum Gasteiger partial charge on any atom is -0.459 e. The molecule has 1 fully saturated rings. The zero-order valence-electron chi connectivity index (χ0n) is 25.7. The standard InChI is InChI=1S/C37H37N3O7/c41-20-24-19-30-35(37(46)40(36(30)45)27-12-10-26(11-13-27)39-25-6-2-1-3-7-25)31(22-43)34(24)33(44)16-9-23(32-8-4-5-17-38-32)18-28-14-15-29(21-42)47-28/h1-8,10-15,17-18,30-31,33,35,39,41-44H,9,16,19-22H2/b23-18-/t30-,31+,33-,35-/m1/s1. The number of amides is 2. The van der Waals surface area contributed by atoms with Crippen molar-refractivity contribution in [3.63, 3.8) is 0 Å². The normalized spacial score (nSPS) is 20.5. The highest BCUT2D eigenvalue weighted by Gasteiger charge is 2.55. The number of carbonyl (C=O) groups is 2. The molecular weight excluding hydrogens is 598 g/mol. The van der Waals surface area contributed by atoms with E-state index in [2.05, 4.69) is 10.3 Å². The number of aliphatic hydroxyl groups excluding tert-OH is 4. The number of rotatable bonds is 12. The zero-order chi connectivity index (χ0) is 32.9. The molecule has 2 aliphatic rings. The fraction of sp³-hybridized carbons (Fsp3) is 0.270. The van der Waals surface area contributed by atoms with Crippen LogP contribution in [0.4, 0.5) is 17.1 Å². The number of nitrogens with one attached hydrogen (secondary N) is 1. The molecular formula is C37H37N3O7. The number of benzene rings is 2. The Hall–Kier alpha value is -4.87. The first kappa shape index (κ1) is 32.1. The van der Waals surface area contributed by atoms with E-state index in [1.54, 1.807) is 54.7 Å². The highest BCUT2D eigenvalue weighted by atomic mass is 16.4. The summed E-state index contributed by atoms with van der Waals surface area (Å²) in [4.78, 5) is 33.2. The summed E-state index contributed by atoms with van der Waals surface area (Å²) in [6.07, 6.45) is 3.02. The topological polar surface area (TPSA) is 156 Å². The lowest BCUT2D eigenvalue weighted by molar-refractivity contribution is -0.123. The molecule has 10 nitrogen and oxygen atoms in total. The molecule has 2 amide bonds. The van der Waals surface area contributed by atoms with Crippen LogP contribution in [0.3, 0.4) is 0 Å². The van der Waals surface area contributed by atoms with Gasteiger partial charge in [-0.05, 0) is 103 Å². The predicted octanol–water partition coefficient (Wildman–Crippen LogP) is 4.70. The van der Waals surface area contributed by atoms with Gasteiger partial charge in [-0.2, -0.15) is 0 Å². The SMILES string of the molecule is O=C1[C@@H]2[C@@H](CC(CO)=C([C@H](O)CC/C(=C/c3ccc(CO)o3)c3ccccn3)[C@@H]2CO)C(=O)N1c1ccc(Nc2ccccc2)cc1. The molecule has 6 rings (SSSR count). The van der Waals surface area contributed by atoms with Crippen molar-refractivity contribution >= 4 is 40.5 Å². The Morgan fingerprint density at radius 2 is 1.66 bits per heavy atom. The minimum atomic E-state index is -1.10. The van der Waals surface area contributed by atoms with Crippen LogP contribution in [-0.2, 0) is 16.2 Å². The molecule has 5 N–H and O–H groups in total. The van der Waals surface area contributed by atoms with Crippen molar-refractivity contribution in [2.75, 3.05) is 23.4 Å². The van der Waals surface area contributed by atoms with Crippen LogP contribution in [0.5, 0.6) is 0 Å². The Labute approximate surface area is 272 Å². The summed E-state index contributed by atoms with van der Waals surface area (Å²) >= 11 is 0. The maximum Gasteiger partial charge on any atom is 0.238 e. The first-order chi connectivity index (χ1) is 22.9. The van der Waals surface area contributed by atoms with Crippen LogP contribution in [0, 0.1) is 17.8 Å². The number of aromatic nitrogens is 1. The van der Waals surface area contributed by atoms with Crippen LogP contribution in [0.2, 0.25) is 0 Å². The number of imide groups is 1. The highest BCUT2D eigenvalue weighted by Crippen LogP contribution is 2.47. The molecule has 2 aromatic carbocycles. The predicted molar refractivity (Wildman–Crippen MR) is 177 cm³/mol. The third-order valence-electron chi connectivity index (χ3n) is 8.95. The van der Waals surface area contributed by atoms with Gasteiger partial charge in [-0.25, -0.2) is 0 Å². The molecule has 3 heterocycles. The number of fused-ring (bicyclic) bond motifs is 1. The largest absolute Gasteiger partial charge is 0.459 e. The molecule has 47 heavy (non-hydrogen) atoms. The number of hydrogen-bond donors (Lipinski definition) is 5. The Bertz CT molecular complexity index is 1770. The number of carbonyl (C=O) groups excluding carboxylic acids is 2. The van der Waals surface area contributed by atoms with Gasteiger partial charge in [-0.3, -0.25) is 19.5 Å². The third kappa shape index (κ3) is 6.68. The van der Waals surface area contributed by atoms with Gasteiger partial charge in [0.25, 0.3) is 0 Å². The maximum atomic E-state index is 13.9. The molecule has 1 aliphatic heterocycles. The summed E-state index contributed by atoms with van der Waals surface area (Å²) in [6, 6.07) is 25.5. The van der Waals surface area contributed by atoms with Gasteiger partial charge in [-0.1, -0.05) is 24.3 Å². The van der Waals surface area contributed by atoms with E-state index in [1.165, 1.54) is 4.90 Å². The molecule has 4 atom stereocenters. The van der Waals surface area contributed by atoms with E-state index in [0.717, 1.165) is 16.9 Å². The number of hydrogen-bond acceptors (Lipinski definition) is 9. The molecule has 10 heteroatoms. The van der Waals surface area contributed by atoms with Crippen molar-refractivity contribution in [1.29, 1.82) is 0 Å². The summed E-state index contributed by atoms with van der Waals surface area (Å²) in [5, 5.41) is 45.3. The van der Waals surface area contributed by atoms with Gasteiger partial charge < -0.3 is 30.2 Å². The lowest BCUT2D eigenvalue weighted by Gasteiger charge is -2.36. The van der Waals surface area contributed by atoms with Crippen LogP contribution >= 0.6 is 0 Å². The number of furan rings is 1. The zero-order valence-corrected chi connectivity index (χ0v) is 25.7. The van der Waals surface area contributed by atoms with E-state index in [0.29, 0.717) is 40.5 Å². The summed E-state index contributed by atoms with van der Waals surface area (Å²) in [7, 11) is 0.